The molecule has 6 nitrogen and oxygen atoms in total. The Kier molecular flexibility index (Phi) is 7.94. The summed E-state index contributed by atoms with van der Waals surface area (Å²) in [5, 5.41) is 22.9. The van der Waals surface area contributed by atoms with Crippen LogP contribution in [0, 0.1) is 0 Å². The number of para-hydroxylation sites is 1. The lowest BCUT2D eigenvalue weighted by Gasteiger charge is -2.14. The first kappa shape index (κ1) is 25.7. The first-order valence-electron chi connectivity index (χ1n) is 12.0. The number of nitrogens with one attached hydrogen (secondary N) is 1. The highest BCUT2D eigenvalue weighted by atomic mass is 32.1. The Balaban J connectivity index is 1.65. The monoisotopic (exact) mass is 501 g/mol. The van der Waals surface area contributed by atoms with Crippen LogP contribution in [0.3, 0.4) is 0 Å². The van der Waals surface area contributed by atoms with Gasteiger partial charge < -0.3 is 15.5 Å². The smallest absolute Gasteiger partial charge is 0.274 e. The maximum Gasteiger partial charge on any atom is 0.274 e. The van der Waals surface area contributed by atoms with Gasteiger partial charge in [0, 0.05) is 22.2 Å². The molecule has 186 valence electrons. The van der Waals surface area contributed by atoms with E-state index in [1.54, 1.807) is 17.4 Å². The molecule has 0 aliphatic carbocycles. The number of thiazole rings is 1. The third kappa shape index (κ3) is 6.23. The maximum absolute atomic E-state index is 13.4. The summed E-state index contributed by atoms with van der Waals surface area (Å²) in [6, 6.07) is 21.0. The van der Waals surface area contributed by atoms with Crippen LogP contribution in [0.5, 0.6) is 0 Å². The largest absolute Gasteiger partial charge is 0.394 e. The molecule has 4 aromatic rings. The number of anilines is 1. The van der Waals surface area contributed by atoms with Gasteiger partial charge in [-0.15, -0.1) is 11.3 Å². The van der Waals surface area contributed by atoms with Crippen LogP contribution in [0.25, 0.3) is 21.8 Å². The van der Waals surface area contributed by atoms with Gasteiger partial charge in [-0.1, -0.05) is 63.2 Å². The number of carbonyl (C=O) groups is 1. The zero-order valence-corrected chi connectivity index (χ0v) is 21.5. The number of pyridine rings is 1. The molecule has 0 fully saturated rings. The lowest BCUT2D eigenvalue weighted by atomic mass is 9.96. The number of aliphatic hydroxyl groups excluding tert-OH is 2. The van der Waals surface area contributed by atoms with Crippen LogP contribution in [0.15, 0.2) is 72.9 Å². The van der Waals surface area contributed by atoms with Crippen molar-refractivity contribution in [3.05, 3.63) is 89.1 Å². The number of aliphatic hydroxyl groups is 2. The van der Waals surface area contributed by atoms with E-state index in [-0.39, 0.29) is 23.6 Å². The van der Waals surface area contributed by atoms with E-state index in [0.29, 0.717) is 24.2 Å². The average molecular weight is 502 g/mol. The van der Waals surface area contributed by atoms with Crippen molar-refractivity contribution in [2.75, 3.05) is 11.9 Å². The Labute approximate surface area is 215 Å². The molecule has 0 bridgehead atoms. The fourth-order valence-corrected chi connectivity index (χ4v) is 4.75. The zero-order chi connectivity index (χ0) is 25.7. The van der Waals surface area contributed by atoms with Crippen LogP contribution in [0.2, 0.25) is 0 Å². The molecule has 0 spiro atoms. The van der Waals surface area contributed by atoms with Gasteiger partial charge in [0.25, 0.3) is 5.91 Å². The number of hydrogen-bond acceptors (Lipinski definition) is 6. The fourth-order valence-electron chi connectivity index (χ4n) is 3.74. The quantitative estimate of drug-likeness (QED) is 0.288. The Morgan fingerprint density at radius 1 is 1.06 bits per heavy atom. The first-order chi connectivity index (χ1) is 17.2. The van der Waals surface area contributed by atoms with Crippen molar-refractivity contribution in [3.8, 4) is 21.8 Å². The SMILES string of the molecule is CC(C)(C)c1cnc(-c2ccccc2NC(=O)c2cc(CC[C@@H](O)CO)cc(-c3ccccc3)n2)s1. The van der Waals surface area contributed by atoms with Gasteiger partial charge in [0.1, 0.15) is 10.7 Å². The van der Waals surface area contributed by atoms with E-state index in [2.05, 4.69) is 36.1 Å². The number of rotatable bonds is 8. The standard InChI is InChI=1S/C29H31N3O3S/c1-29(2,3)26-17-30-28(36-26)22-11-7-8-12-23(22)32-27(35)25-16-19(13-14-21(34)18-33)15-24(31-25)20-9-5-4-6-10-20/h4-12,15-17,21,33-34H,13-14,18H2,1-3H3,(H,32,35)/t21-/m1/s1. The molecule has 2 aromatic carbocycles. The molecule has 1 atom stereocenters. The van der Waals surface area contributed by atoms with Gasteiger partial charge in [-0.2, -0.15) is 0 Å². The molecule has 0 aliphatic rings. The van der Waals surface area contributed by atoms with Gasteiger partial charge in [-0.05, 0) is 48.1 Å². The third-order valence-corrected chi connectivity index (χ3v) is 7.27. The second-order valence-corrected chi connectivity index (χ2v) is 10.8. The average Bonchev–Trinajstić information content (AvgIpc) is 3.39. The number of carbonyl (C=O) groups excluding carboxylic acids is 1. The number of nitrogens with zero attached hydrogens (tertiary/aromatic N) is 2. The van der Waals surface area contributed by atoms with Gasteiger partial charge in [-0.25, -0.2) is 9.97 Å². The Hall–Kier alpha value is -3.39. The Bertz CT molecular complexity index is 1330. The van der Waals surface area contributed by atoms with Crippen LogP contribution in [-0.2, 0) is 11.8 Å². The van der Waals surface area contributed by atoms with Crippen LogP contribution >= 0.6 is 11.3 Å². The van der Waals surface area contributed by atoms with E-state index >= 15 is 0 Å². The lowest BCUT2D eigenvalue weighted by molar-refractivity contribution is 0.0885. The van der Waals surface area contributed by atoms with Gasteiger partial charge in [0.15, 0.2) is 0 Å². The number of aromatic nitrogens is 2. The van der Waals surface area contributed by atoms with Crippen molar-refractivity contribution in [2.45, 2.75) is 45.1 Å². The zero-order valence-electron chi connectivity index (χ0n) is 20.7. The summed E-state index contributed by atoms with van der Waals surface area (Å²) in [5.41, 5.74) is 4.25. The summed E-state index contributed by atoms with van der Waals surface area (Å²) < 4.78 is 0. The number of hydrogen-bond donors (Lipinski definition) is 3. The number of amides is 1. The molecule has 3 N–H and O–H groups in total. The molecule has 36 heavy (non-hydrogen) atoms. The van der Waals surface area contributed by atoms with Crippen molar-refractivity contribution < 1.29 is 15.0 Å². The Morgan fingerprint density at radius 3 is 2.47 bits per heavy atom. The predicted octanol–water partition coefficient (Wildman–Crippen LogP) is 5.71. The van der Waals surface area contributed by atoms with E-state index in [1.807, 2.05) is 66.9 Å². The van der Waals surface area contributed by atoms with Gasteiger partial charge in [-0.3, -0.25) is 4.79 Å². The molecule has 0 unspecified atom stereocenters. The van der Waals surface area contributed by atoms with E-state index in [1.165, 1.54) is 4.88 Å². The molecule has 0 saturated heterocycles. The van der Waals surface area contributed by atoms with Crippen molar-refractivity contribution in [2.24, 2.45) is 0 Å². The van der Waals surface area contributed by atoms with Crippen LogP contribution in [-0.4, -0.2) is 38.8 Å². The summed E-state index contributed by atoms with van der Waals surface area (Å²) >= 11 is 1.62. The van der Waals surface area contributed by atoms with Gasteiger partial charge in [0.2, 0.25) is 0 Å². The topological polar surface area (TPSA) is 95.3 Å². The highest BCUT2D eigenvalue weighted by molar-refractivity contribution is 7.15. The summed E-state index contributed by atoms with van der Waals surface area (Å²) in [4.78, 5) is 23.9. The normalized spacial score (nSPS) is 12.4. The van der Waals surface area contributed by atoms with Crippen molar-refractivity contribution in [1.82, 2.24) is 9.97 Å². The van der Waals surface area contributed by atoms with Crippen molar-refractivity contribution in [1.29, 1.82) is 0 Å². The van der Waals surface area contributed by atoms with Crippen LogP contribution < -0.4 is 5.32 Å². The molecule has 2 heterocycles. The van der Waals surface area contributed by atoms with Gasteiger partial charge in [0.05, 0.1) is 24.1 Å². The minimum atomic E-state index is -0.807. The summed E-state index contributed by atoms with van der Waals surface area (Å²) in [5.74, 6) is -0.322. The van der Waals surface area contributed by atoms with Crippen LogP contribution in [0.1, 0.15) is 48.1 Å². The second-order valence-electron chi connectivity index (χ2n) is 9.77. The molecule has 0 saturated carbocycles. The number of benzene rings is 2. The number of aryl methyl sites for hydroxylation is 1. The molecular formula is C29H31N3O3S. The highest BCUT2D eigenvalue weighted by Gasteiger charge is 2.20. The van der Waals surface area contributed by atoms with Crippen molar-refractivity contribution in [3.63, 3.8) is 0 Å². The molecule has 2 aromatic heterocycles. The summed E-state index contributed by atoms with van der Waals surface area (Å²) in [7, 11) is 0. The molecule has 0 aliphatic heterocycles. The van der Waals surface area contributed by atoms with Gasteiger partial charge >= 0.3 is 0 Å². The minimum absolute atomic E-state index is 0.00406. The van der Waals surface area contributed by atoms with E-state index in [9.17, 15) is 15.0 Å². The molecule has 1 amide bonds. The molecule has 7 heteroatoms. The van der Waals surface area contributed by atoms with E-state index < -0.39 is 6.10 Å². The van der Waals surface area contributed by atoms with E-state index in [4.69, 9.17) is 0 Å². The summed E-state index contributed by atoms with van der Waals surface area (Å²) in [6.07, 6.45) is 1.99. The van der Waals surface area contributed by atoms with E-state index in [0.717, 1.165) is 21.7 Å². The second kappa shape index (κ2) is 11.1. The molecule has 4 rings (SSSR count). The lowest BCUT2D eigenvalue weighted by Crippen LogP contribution is -2.16. The third-order valence-electron chi connectivity index (χ3n) is 5.81. The van der Waals surface area contributed by atoms with Crippen LogP contribution in [0.4, 0.5) is 5.69 Å². The minimum Gasteiger partial charge on any atom is -0.394 e. The van der Waals surface area contributed by atoms with Crippen molar-refractivity contribution >= 4 is 22.9 Å². The predicted molar refractivity (Wildman–Crippen MR) is 145 cm³/mol. The highest BCUT2D eigenvalue weighted by Crippen LogP contribution is 2.36. The molecular weight excluding hydrogens is 470 g/mol. The molecule has 0 radical (unpaired) electrons. The fraction of sp³-hybridized carbons (Fsp3) is 0.276. The summed E-state index contributed by atoms with van der Waals surface area (Å²) in [6.45, 7) is 6.16. The first-order valence-corrected chi connectivity index (χ1v) is 12.8. The maximum atomic E-state index is 13.4. The Morgan fingerprint density at radius 2 is 1.78 bits per heavy atom.